The van der Waals surface area contributed by atoms with E-state index in [0.717, 1.165) is 6.42 Å². The number of amides is 1. The molecule has 16 heavy (non-hydrogen) atoms. The van der Waals surface area contributed by atoms with E-state index in [1.807, 2.05) is 25.8 Å². The Morgan fingerprint density at radius 1 is 1.50 bits per heavy atom. The zero-order chi connectivity index (χ0) is 11.9. The van der Waals surface area contributed by atoms with Crippen LogP contribution in [0.4, 0.5) is 0 Å². The highest BCUT2D eigenvalue weighted by Crippen LogP contribution is 2.32. The molecule has 0 aliphatic carbocycles. The van der Waals surface area contributed by atoms with Crippen LogP contribution in [0.1, 0.15) is 33.6 Å². The molecular weight excluding hydrogens is 206 g/mol. The van der Waals surface area contributed by atoms with Crippen LogP contribution in [0.15, 0.2) is 0 Å². The number of likely N-dealkylation sites (tertiary alicyclic amines) is 1. The third-order valence-electron chi connectivity index (χ3n) is 3.77. The van der Waals surface area contributed by atoms with Crippen molar-refractivity contribution >= 4 is 5.91 Å². The number of rotatable bonds is 2. The average Bonchev–Trinajstić information content (AvgIpc) is 2.71. The van der Waals surface area contributed by atoms with Crippen molar-refractivity contribution in [2.75, 3.05) is 13.7 Å². The fraction of sp³-hybridized carbons (Fsp3) is 0.917. The van der Waals surface area contributed by atoms with Crippen LogP contribution in [-0.4, -0.2) is 42.4 Å². The van der Waals surface area contributed by atoms with Crippen molar-refractivity contribution in [2.45, 2.75) is 51.5 Å². The van der Waals surface area contributed by atoms with Gasteiger partial charge in [-0.15, -0.1) is 0 Å². The van der Waals surface area contributed by atoms with Crippen LogP contribution < -0.4 is 0 Å². The van der Waals surface area contributed by atoms with Gasteiger partial charge < -0.3 is 14.4 Å². The standard InChI is InChI=1S/C12H21NO3/c1-8(9-5-6-11(14)13(9)4)10-7-15-12(2,3)16-10/h8-10H,5-7H2,1-4H3. The minimum atomic E-state index is -0.472. The first-order chi connectivity index (χ1) is 7.41. The van der Waals surface area contributed by atoms with E-state index in [1.54, 1.807) is 0 Å². The quantitative estimate of drug-likeness (QED) is 0.715. The second-order valence-corrected chi connectivity index (χ2v) is 5.34. The van der Waals surface area contributed by atoms with Crippen LogP contribution in [0.5, 0.6) is 0 Å². The number of ether oxygens (including phenoxy) is 2. The number of carbonyl (C=O) groups is 1. The molecule has 2 aliphatic heterocycles. The SMILES string of the molecule is CC(C1COC(C)(C)O1)C1CCC(=O)N1C. The number of hydrogen-bond donors (Lipinski definition) is 0. The molecule has 0 radical (unpaired) electrons. The minimum absolute atomic E-state index is 0.105. The summed E-state index contributed by atoms with van der Waals surface area (Å²) in [6.07, 6.45) is 1.72. The lowest BCUT2D eigenvalue weighted by molar-refractivity contribution is -0.147. The Hall–Kier alpha value is -0.610. The number of hydrogen-bond acceptors (Lipinski definition) is 3. The second-order valence-electron chi connectivity index (χ2n) is 5.34. The Kier molecular flexibility index (Phi) is 2.97. The first-order valence-electron chi connectivity index (χ1n) is 5.98. The maximum absolute atomic E-state index is 11.5. The van der Waals surface area contributed by atoms with E-state index in [2.05, 4.69) is 6.92 Å². The molecule has 0 aromatic carbocycles. The molecular formula is C12H21NO3. The lowest BCUT2D eigenvalue weighted by Gasteiger charge is -2.30. The van der Waals surface area contributed by atoms with Crippen LogP contribution in [0.2, 0.25) is 0 Å². The van der Waals surface area contributed by atoms with Gasteiger partial charge in [0.25, 0.3) is 0 Å². The Morgan fingerprint density at radius 3 is 2.62 bits per heavy atom. The summed E-state index contributed by atoms with van der Waals surface area (Å²) in [5.41, 5.74) is 0. The zero-order valence-corrected chi connectivity index (χ0v) is 10.5. The molecule has 4 nitrogen and oxygen atoms in total. The highest BCUT2D eigenvalue weighted by Gasteiger charge is 2.41. The summed E-state index contributed by atoms with van der Waals surface area (Å²) in [6.45, 7) is 6.65. The summed E-state index contributed by atoms with van der Waals surface area (Å²) in [6, 6.07) is 0.301. The lowest BCUT2D eigenvalue weighted by Crippen LogP contribution is -2.40. The molecule has 0 bridgehead atoms. The minimum Gasteiger partial charge on any atom is -0.348 e. The average molecular weight is 227 g/mol. The molecule has 2 saturated heterocycles. The van der Waals surface area contributed by atoms with Gasteiger partial charge in [-0.25, -0.2) is 0 Å². The van der Waals surface area contributed by atoms with Gasteiger partial charge in [-0.2, -0.15) is 0 Å². The summed E-state index contributed by atoms with van der Waals surface area (Å²) >= 11 is 0. The molecule has 92 valence electrons. The smallest absolute Gasteiger partial charge is 0.222 e. The number of carbonyl (C=O) groups excluding carboxylic acids is 1. The molecule has 0 saturated carbocycles. The van der Waals surface area contributed by atoms with Gasteiger partial charge in [0.2, 0.25) is 5.91 Å². The van der Waals surface area contributed by atoms with Crippen molar-refractivity contribution in [3.05, 3.63) is 0 Å². The largest absolute Gasteiger partial charge is 0.348 e. The van der Waals surface area contributed by atoms with E-state index in [4.69, 9.17) is 9.47 Å². The molecule has 3 unspecified atom stereocenters. The molecule has 2 heterocycles. The van der Waals surface area contributed by atoms with Crippen molar-refractivity contribution in [1.29, 1.82) is 0 Å². The number of nitrogens with zero attached hydrogens (tertiary/aromatic N) is 1. The van der Waals surface area contributed by atoms with Gasteiger partial charge in [0.15, 0.2) is 5.79 Å². The summed E-state index contributed by atoms with van der Waals surface area (Å²) < 4.78 is 11.4. The molecule has 1 amide bonds. The topological polar surface area (TPSA) is 38.8 Å². The van der Waals surface area contributed by atoms with E-state index in [9.17, 15) is 4.79 Å². The van der Waals surface area contributed by atoms with E-state index in [0.29, 0.717) is 25.0 Å². The van der Waals surface area contributed by atoms with E-state index in [1.165, 1.54) is 0 Å². The van der Waals surface area contributed by atoms with Crippen LogP contribution in [0.3, 0.4) is 0 Å². The fourth-order valence-electron chi connectivity index (χ4n) is 2.66. The highest BCUT2D eigenvalue weighted by molar-refractivity contribution is 5.78. The third kappa shape index (κ3) is 2.09. The monoisotopic (exact) mass is 227 g/mol. The van der Waals surface area contributed by atoms with Crippen molar-refractivity contribution in [1.82, 2.24) is 4.90 Å². The Morgan fingerprint density at radius 2 is 2.19 bits per heavy atom. The van der Waals surface area contributed by atoms with Crippen LogP contribution in [0, 0.1) is 5.92 Å². The van der Waals surface area contributed by atoms with Gasteiger partial charge in [0.1, 0.15) is 0 Å². The molecule has 3 atom stereocenters. The Balaban J connectivity index is 1.98. The van der Waals surface area contributed by atoms with Crippen LogP contribution in [-0.2, 0) is 14.3 Å². The van der Waals surface area contributed by atoms with Crippen molar-refractivity contribution in [3.63, 3.8) is 0 Å². The molecule has 0 aromatic heterocycles. The van der Waals surface area contributed by atoms with Crippen LogP contribution in [0.25, 0.3) is 0 Å². The molecule has 2 aliphatic rings. The lowest BCUT2D eigenvalue weighted by atomic mass is 9.94. The van der Waals surface area contributed by atoms with Crippen LogP contribution >= 0.6 is 0 Å². The molecule has 0 N–H and O–H groups in total. The van der Waals surface area contributed by atoms with E-state index < -0.39 is 5.79 Å². The van der Waals surface area contributed by atoms with Gasteiger partial charge in [-0.05, 0) is 20.3 Å². The molecule has 0 spiro atoms. The maximum atomic E-state index is 11.5. The van der Waals surface area contributed by atoms with Gasteiger partial charge in [-0.3, -0.25) is 4.79 Å². The molecule has 2 fully saturated rings. The van der Waals surface area contributed by atoms with E-state index in [-0.39, 0.29) is 12.0 Å². The Bertz CT molecular complexity index is 290. The van der Waals surface area contributed by atoms with E-state index >= 15 is 0 Å². The predicted octanol–water partition coefficient (Wildman–Crippen LogP) is 1.39. The zero-order valence-electron chi connectivity index (χ0n) is 10.5. The highest BCUT2D eigenvalue weighted by atomic mass is 16.7. The summed E-state index contributed by atoms with van der Waals surface area (Å²) in [5.74, 6) is 0.105. The van der Waals surface area contributed by atoms with Gasteiger partial charge >= 0.3 is 0 Å². The third-order valence-corrected chi connectivity index (χ3v) is 3.77. The summed E-state index contributed by atoms with van der Waals surface area (Å²) in [5, 5.41) is 0. The molecule has 4 heteroatoms. The first kappa shape index (κ1) is 11.9. The van der Waals surface area contributed by atoms with Gasteiger partial charge in [-0.1, -0.05) is 6.92 Å². The van der Waals surface area contributed by atoms with Crippen molar-refractivity contribution in [2.24, 2.45) is 5.92 Å². The predicted molar refractivity (Wildman–Crippen MR) is 59.9 cm³/mol. The fourth-order valence-corrected chi connectivity index (χ4v) is 2.66. The Labute approximate surface area is 96.9 Å². The normalized spacial score (nSPS) is 35.8. The maximum Gasteiger partial charge on any atom is 0.222 e. The molecule has 2 rings (SSSR count). The van der Waals surface area contributed by atoms with Gasteiger partial charge in [0, 0.05) is 25.4 Å². The second kappa shape index (κ2) is 4.00. The first-order valence-corrected chi connectivity index (χ1v) is 5.98. The summed E-state index contributed by atoms with van der Waals surface area (Å²) in [4.78, 5) is 13.3. The van der Waals surface area contributed by atoms with Crippen molar-refractivity contribution in [3.8, 4) is 0 Å². The van der Waals surface area contributed by atoms with Gasteiger partial charge in [0.05, 0.1) is 12.7 Å². The van der Waals surface area contributed by atoms with Crippen molar-refractivity contribution < 1.29 is 14.3 Å². The molecule has 0 aromatic rings. The summed E-state index contributed by atoms with van der Waals surface area (Å²) in [7, 11) is 1.89.